The highest BCUT2D eigenvalue weighted by Crippen LogP contribution is 2.22. The van der Waals surface area contributed by atoms with Crippen LogP contribution in [-0.2, 0) is 11.3 Å². The molecule has 0 spiro atoms. The summed E-state index contributed by atoms with van der Waals surface area (Å²) in [6, 6.07) is 10.9. The Morgan fingerprint density at radius 3 is 2.27 bits per heavy atom. The minimum atomic E-state index is -0.919. The molecule has 3 amide bonds. The quantitative estimate of drug-likeness (QED) is 0.743. The van der Waals surface area contributed by atoms with Crippen molar-refractivity contribution in [2.75, 3.05) is 26.2 Å². The van der Waals surface area contributed by atoms with E-state index in [-0.39, 0.29) is 29.9 Å². The summed E-state index contributed by atoms with van der Waals surface area (Å²) in [5, 5.41) is 0. The number of ether oxygens (including phenoxy) is 2. The number of nitrogens with zero attached hydrogens (tertiary/aromatic N) is 2. The van der Waals surface area contributed by atoms with Crippen LogP contribution in [0.5, 0.6) is 5.75 Å². The number of piperazine rings is 1. The third kappa shape index (κ3) is 6.21. The van der Waals surface area contributed by atoms with E-state index in [0.29, 0.717) is 37.3 Å². The molecule has 2 aromatic carbocycles. The van der Waals surface area contributed by atoms with E-state index in [1.165, 1.54) is 12.1 Å². The average molecular weight is 458 g/mol. The molecular weight excluding hydrogens is 429 g/mol. The van der Waals surface area contributed by atoms with Crippen molar-refractivity contribution < 1.29 is 28.2 Å². The summed E-state index contributed by atoms with van der Waals surface area (Å²) in [7, 11) is 0. The topological polar surface area (TPSA) is 102 Å². The van der Waals surface area contributed by atoms with Crippen molar-refractivity contribution in [2.45, 2.75) is 33.0 Å². The van der Waals surface area contributed by atoms with Crippen LogP contribution in [-0.4, -0.2) is 59.5 Å². The lowest BCUT2D eigenvalue weighted by Crippen LogP contribution is -2.51. The monoisotopic (exact) mass is 457 g/mol. The molecule has 0 aliphatic carbocycles. The van der Waals surface area contributed by atoms with Crippen molar-refractivity contribution in [3.8, 4) is 5.75 Å². The molecule has 2 N–H and O–H groups in total. The smallest absolute Gasteiger partial charge is 0.410 e. The van der Waals surface area contributed by atoms with E-state index in [9.17, 15) is 18.8 Å². The normalized spacial score (nSPS) is 14.1. The van der Waals surface area contributed by atoms with Gasteiger partial charge in [-0.15, -0.1) is 0 Å². The molecule has 1 saturated heterocycles. The van der Waals surface area contributed by atoms with Crippen molar-refractivity contribution in [3.05, 3.63) is 65.0 Å². The van der Waals surface area contributed by atoms with E-state index in [0.717, 1.165) is 6.07 Å². The number of benzene rings is 2. The number of nitrogens with two attached hydrogens (primary N) is 1. The number of primary amides is 1. The number of rotatable bonds is 5. The van der Waals surface area contributed by atoms with Crippen molar-refractivity contribution in [1.29, 1.82) is 0 Å². The molecule has 1 fully saturated rings. The lowest BCUT2D eigenvalue weighted by molar-refractivity contribution is 0.0141. The maximum Gasteiger partial charge on any atom is 0.410 e. The summed E-state index contributed by atoms with van der Waals surface area (Å²) < 4.78 is 24.9. The first-order valence-corrected chi connectivity index (χ1v) is 10.6. The third-order valence-electron chi connectivity index (χ3n) is 5.01. The maximum absolute atomic E-state index is 13.9. The van der Waals surface area contributed by atoms with Crippen molar-refractivity contribution >= 4 is 17.9 Å². The summed E-state index contributed by atoms with van der Waals surface area (Å²) in [6.45, 7) is 7.02. The predicted molar refractivity (Wildman–Crippen MR) is 119 cm³/mol. The van der Waals surface area contributed by atoms with Crippen LogP contribution in [0.2, 0.25) is 0 Å². The summed E-state index contributed by atoms with van der Waals surface area (Å²) in [5.74, 6) is -1.80. The second-order valence-corrected chi connectivity index (χ2v) is 8.73. The Hall–Kier alpha value is -3.62. The lowest BCUT2D eigenvalue weighted by atomic mass is 10.1. The molecule has 3 rings (SSSR count). The van der Waals surface area contributed by atoms with Gasteiger partial charge in [0.1, 0.15) is 29.3 Å². The van der Waals surface area contributed by atoms with Gasteiger partial charge in [-0.05, 0) is 50.6 Å². The Kier molecular flexibility index (Phi) is 7.20. The van der Waals surface area contributed by atoms with E-state index in [1.54, 1.807) is 34.1 Å². The minimum absolute atomic E-state index is 0.0251. The van der Waals surface area contributed by atoms with Crippen molar-refractivity contribution in [2.24, 2.45) is 5.73 Å². The van der Waals surface area contributed by atoms with Gasteiger partial charge in [-0.25, -0.2) is 9.18 Å². The third-order valence-corrected chi connectivity index (χ3v) is 5.01. The SMILES string of the molecule is CC(C)(C)OC(=O)N1CCN(C(=O)c2cccc(COc3cccc(F)c3C(N)=O)c2)CC1. The number of hydrogen-bond donors (Lipinski definition) is 1. The van der Waals surface area contributed by atoms with Crippen LogP contribution in [0.1, 0.15) is 47.1 Å². The second-order valence-electron chi connectivity index (χ2n) is 8.73. The average Bonchev–Trinajstić information content (AvgIpc) is 2.76. The highest BCUT2D eigenvalue weighted by Gasteiger charge is 2.28. The van der Waals surface area contributed by atoms with Gasteiger partial charge in [-0.1, -0.05) is 18.2 Å². The summed E-state index contributed by atoms with van der Waals surface area (Å²) in [6.07, 6.45) is -0.388. The molecule has 9 heteroatoms. The molecule has 1 heterocycles. The van der Waals surface area contributed by atoms with Gasteiger partial charge in [0.15, 0.2) is 0 Å². The zero-order valence-electron chi connectivity index (χ0n) is 19.0. The van der Waals surface area contributed by atoms with Gasteiger partial charge in [0.2, 0.25) is 0 Å². The fourth-order valence-electron chi connectivity index (χ4n) is 3.42. The molecule has 0 saturated carbocycles. The van der Waals surface area contributed by atoms with Crippen LogP contribution >= 0.6 is 0 Å². The van der Waals surface area contributed by atoms with Gasteiger partial charge >= 0.3 is 6.09 Å². The Morgan fingerprint density at radius 2 is 1.64 bits per heavy atom. The lowest BCUT2D eigenvalue weighted by Gasteiger charge is -2.35. The number of carbonyl (C=O) groups excluding carboxylic acids is 3. The Balaban J connectivity index is 1.61. The van der Waals surface area contributed by atoms with Gasteiger partial charge in [0.05, 0.1) is 0 Å². The van der Waals surface area contributed by atoms with E-state index in [4.69, 9.17) is 15.2 Å². The Labute approximate surface area is 192 Å². The minimum Gasteiger partial charge on any atom is -0.488 e. The fourth-order valence-corrected chi connectivity index (χ4v) is 3.42. The zero-order chi connectivity index (χ0) is 24.2. The van der Waals surface area contributed by atoms with E-state index in [1.807, 2.05) is 20.8 Å². The predicted octanol–water partition coefficient (Wildman–Crippen LogP) is 3.20. The van der Waals surface area contributed by atoms with Crippen LogP contribution in [0.15, 0.2) is 42.5 Å². The van der Waals surface area contributed by atoms with Gasteiger partial charge in [-0.3, -0.25) is 9.59 Å². The highest BCUT2D eigenvalue weighted by atomic mass is 19.1. The van der Waals surface area contributed by atoms with Crippen LogP contribution in [0, 0.1) is 5.82 Å². The molecule has 0 radical (unpaired) electrons. The van der Waals surface area contributed by atoms with Gasteiger partial charge < -0.3 is 25.0 Å². The number of amides is 3. The first-order valence-electron chi connectivity index (χ1n) is 10.6. The standard InChI is InChI=1S/C24H28FN3O5/c1-24(2,3)33-23(31)28-12-10-27(11-13-28)22(30)17-7-4-6-16(14-17)15-32-19-9-5-8-18(25)20(19)21(26)29/h4-9,14H,10-13,15H2,1-3H3,(H2,26,29). The highest BCUT2D eigenvalue weighted by molar-refractivity contribution is 5.96. The molecule has 1 aliphatic heterocycles. The van der Waals surface area contributed by atoms with E-state index >= 15 is 0 Å². The van der Waals surface area contributed by atoms with E-state index in [2.05, 4.69) is 0 Å². The molecule has 0 unspecified atom stereocenters. The maximum atomic E-state index is 13.9. The summed E-state index contributed by atoms with van der Waals surface area (Å²) >= 11 is 0. The molecule has 33 heavy (non-hydrogen) atoms. The molecular formula is C24H28FN3O5. The summed E-state index contributed by atoms with van der Waals surface area (Å²) in [4.78, 5) is 40.0. The summed E-state index contributed by atoms with van der Waals surface area (Å²) in [5.41, 5.74) is 5.50. The molecule has 2 aromatic rings. The zero-order valence-corrected chi connectivity index (χ0v) is 19.0. The van der Waals surface area contributed by atoms with Gasteiger partial charge in [0.25, 0.3) is 11.8 Å². The molecule has 0 aromatic heterocycles. The number of halogens is 1. The largest absolute Gasteiger partial charge is 0.488 e. The molecule has 176 valence electrons. The molecule has 1 aliphatic rings. The number of carbonyl (C=O) groups is 3. The van der Waals surface area contributed by atoms with Crippen LogP contribution in [0.3, 0.4) is 0 Å². The Bertz CT molecular complexity index is 1040. The first-order chi connectivity index (χ1) is 15.5. The van der Waals surface area contributed by atoms with Crippen molar-refractivity contribution in [1.82, 2.24) is 9.80 Å². The van der Waals surface area contributed by atoms with E-state index < -0.39 is 17.3 Å². The number of hydrogen-bond acceptors (Lipinski definition) is 5. The van der Waals surface area contributed by atoms with Crippen LogP contribution in [0.4, 0.5) is 9.18 Å². The molecule has 8 nitrogen and oxygen atoms in total. The van der Waals surface area contributed by atoms with Crippen molar-refractivity contribution in [3.63, 3.8) is 0 Å². The van der Waals surface area contributed by atoms with Gasteiger partial charge in [-0.2, -0.15) is 0 Å². The second kappa shape index (κ2) is 9.89. The fraction of sp³-hybridized carbons (Fsp3) is 0.375. The molecule has 0 bridgehead atoms. The first kappa shape index (κ1) is 24.0. The molecule has 0 atom stereocenters. The van der Waals surface area contributed by atoms with Gasteiger partial charge in [0, 0.05) is 31.7 Å². The Morgan fingerprint density at radius 1 is 1.00 bits per heavy atom. The van der Waals surface area contributed by atoms with Crippen LogP contribution in [0.25, 0.3) is 0 Å². The van der Waals surface area contributed by atoms with Crippen LogP contribution < -0.4 is 10.5 Å².